The molecule has 2 N–H and O–H groups in total. The monoisotopic (exact) mass is 239 g/mol. The molecule has 0 aliphatic carbocycles. The summed E-state index contributed by atoms with van der Waals surface area (Å²) in [6.07, 6.45) is 0. The van der Waals surface area contributed by atoms with E-state index < -0.39 is 11.7 Å². The number of carbonyl (C=O) groups is 1. The second kappa shape index (κ2) is 4.84. The van der Waals surface area contributed by atoms with Crippen molar-refractivity contribution in [2.24, 2.45) is 5.73 Å². The van der Waals surface area contributed by atoms with Crippen molar-refractivity contribution in [2.45, 2.75) is 32.5 Å². The number of alkyl halides is 1. The van der Waals surface area contributed by atoms with Crippen LogP contribution in [0.5, 0.6) is 5.75 Å². The van der Waals surface area contributed by atoms with Gasteiger partial charge in [0.15, 0.2) is 5.78 Å². The van der Waals surface area contributed by atoms with Gasteiger partial charge in [-0.15, -0.1) is 0 Å². The number of rotatable bonds is 4. The number of ether oxygens (including phenoxy) is 1. The second-order valence-corrected chi connectivity index (χ2v) is 4.54. The topological polar surface area (TPSA) is 52.3 Å². The van der Waals surface area contributed by atoms with Gasteiger partial charge < -0.3 is 10.5 Å². The molecule has 0 spiro atoms. The minimum absolute atomic E-state index is 0.257. The molecule has 94 valence electrons. The number of nitrogens with two attached hydrogens (primary N) is 1. The highest BCUT2D eigenvalue weighted by atomic mass is 19.1. The van der Waals surface area contributed by atoms with Crippen LogP contribution in [0.1, 0.15) is 36.7 Å². The number of ketones is 1. The van der Waals surface area contributed by atoms with Crippen LogP contribution in [0.25, 0.3) is 0 Å². The van der Waals surface area contributed by atoms with Crippen molar-refractivity contribution in [1.82, 2.24) is 0 Å². The van der Waals surface area contributed by atoms with Gasteiger partial charge in [-0.05, 0) is 38.5 Å². The van der Waals surface area contributed by atoms with Gasteiger partial charge in [-0.3, -0.25) is 4.79 Å². The average molecular weight is 239 g/mol. The van der Waals surface area contributed by atoms with Gasteiger partial charge in [0.1, 0.15) is 11.4 Å². The smallest absolute Gasteiger partial charge is 0.182 e. The van der Waals surface area contributed by atoms with Crippen molar-refractivity contribution >= 4 is 5.78 Å². The summed E-state index contributed by atoms with van der Waals surface area (Å²) in [5.41, 5.74) is 4.81. The van der Waals surface area contributed by atoms with E-state index in [1.54, 1.807) is 19.1 Å². The molecule has 0 radical (unpaired) electrons. The number of halogens is 1. The predicted molar refractivity (Wildman–Crippen MR) is 65.1 cm³/mol. The molecule has 0 saturated heterocycles. The first kappa shape index (κ1) is 13.6. The van der Waals surface area contributed by atoms with Gasteiger partial charge in [0.25, 0.3) is 0 Å². The molecular weight excluding hydrogens is 221 g/mol. The molecule has 0 saturated carbocycles. The fraction of sp³-hybridized carbons (Fsp3) is 0.462. The number of benzene rings is 1. The quantitative estimate of drug-likeness (QED) is 0.821. The Morgan fingerprint density at radius 1 is 1.47 bits per heavy atom. The number of hydrogen-bond acceptors (Lipinski definition) is 3. The maximum Gasteiger partial charge on any atom is 0.182 e. The summed E-state index contributed by atoms with van der Waals surface area (Å²) in [6.45, 7) is 4.47. The van der Waals surface area contributed by atoms with Crippen molar-refractivity contribution in [3.8, 4) is 5.75 Å². The van der Waals surface area contributed by atoms with E-state index in [9.17, 15) is 9.18 Å². The SMILES string of the molecule is COc1ccc(C(C)(C)F)cc1C(=O)C(C)N. The summed E-state index contributed by atoms with van der Waals surface area (Å²) in [7, 11) is 1.47. The largest absolute Gasteiger partial charge is 0.496 e. The van der Waals surface area contributed by atoms with Gasteiger partial charge in [0.05, 0.1) is 18.7 Å². The van der Waals surface area contributed by atoms with Crippen LogP contribution in [0.3, 0.4) is 0 Å². The summed E-state index contributed by atoms with van der Waals surface area (Å²) in [6, 6.07) is 4.06. The van der Waals surface area contributed by atoms with E-state index in [0.717, 1.165) is 0 Å². The van der Waals surface area contributed by atoms with Crippen LogP contribution in [0, 0.1) is 0 Å². The van der Waals surface area contributed by atoms with Crippen LogP contribution in [-0.2, 0) is 5.67 Å². The predicted octanol–water partition coefficient (Wildman–Crippen LogP) is 2.43. The first-order chi connectivity index (χ1) is 7.77. The van der Waals surface area contributed by atoms with E-state index in [0.29, 0.717) is 16.9 Å². The molecule has 1 atom stereocenters. The lowest BCUT2D eigenvalue weighted by atomic mass is 9.95. The molecule has 17 heavy (non-hydrogen) atoms. The van der Waals surface area contributed by atoms with Crippen molar-refractivity contribution < 1.29 is 13.9 Å². The van der Waals surface area contributed by atoms with Gasteiger partial charge >= 0.3 is 0 Å². The van der Waals surface area contributed by atoms with Gasteiger partial charge in [-0.25, -0.2) is 4.39 Å². The Kier molecular flexibility index (Phi) is 3.88. The van der Waals surface area contributed by atoms with Gasteiger partial charge in [0.2, 0.25) is 0 Å². The van der Waals surface area contributed by atoms with Crippen LogP contribution >= 0.6 is 0 Å². The zero-order valence-corrected chi connectivity index (χ0v) is 10.6. The molecule has 0 aromatic heterocycles. The summed E-state index contributed by atoms with van der Waals surface area (Å²) >= 11 is 0. The summed E-state index contributed by atoms with van der Waals surface area (Å²) in [4.78, 5) is 11.9. The van der Waals surface area contributed by atoms with Crippen LogP contribution in [0.2, 0.25) is 0 Å². The Balaban J connectivity index is 3.30. The number of hydrogen-bond donors (Lipinski definition) is 1. The zero-order chi connectivity index (χ0) is 13.2. The lowest BCUT2D eigenvalue weighted by Gasteiger charge is -2.17. The molecule has 0 amide bonds. The Labute approximate surface area is 101 Å². The molecule has 1 unspecified atom stereocenters. The number of Topliss-reactive ketones (excluding diaryl/α,β-unsaturated/α-hetero) is 1. The second-order valence-electron chi connectivity index (χ2n) is 4.54. The van der Waals surface area contributed by atoms with Crippen molar-refractivity contribution in [2.75, 3.05) is 7.11 Å². The highest BCUT2D eigenvalue weighted by Crippen LogP contribution is 2.29. The van der Waals surface area contributed by atoms with E-state index in [1.165, 1.54) is 27.0 Å². The van der Waals surface area contributed by atoms with Gasteiger partial charge in [-0.2, -0.15) is 0 Å². The van der Waals surface area contributed by atoms with Crippen LogP contribution < -0.4 is 10.5 Å². The number of carbonyl (C=O) groups excluding carboxylic acids is 1. The summed E-state index contributed by atoms with van der Waals surface area (Å²) < 4.78 is 18.9. The number of methoxy groups -OCH3 is 1. The van der Waals surface area contributed by atoms with E-state index in [2.05, 4.69) is 0 Å². The highest BCUT2D eigenvalue weighted by Gasteiger charge is 2.23. The highest BCUT2D eigenvalue weighted by molar-refractivity contribution is 6.02. The van der Waals surface area contributed by atoms with E-state index in [4.69, 9.17) is 10.5 Å². The van der Waals surface area contributed by atoms with E-state index >= 15 is 0 Å². The molecule has 3 nitrogen and oxygen atoms in total. The normalized spacial score (nSPS) is 13.3. The first-order valence-corrected chi connectivity index (χ1v) is 5.44. The fourth-order valence-corrected chi connectivity index (χ4v) is 1.52. The molecule has 1 rings (SSSR count). The van der Waals surface area contributed by atoms with Crippen molar-refractivity contribution in [3.63, 3.8) is 0 Å². The molecular formula is C13H18FNO2. The molecule has 1 aromatic rings. The van der Waals surface area contributed by atoms with E-state index in [1.807, 2.05) is 0 Å². The van der Waals surface area contributed by atoms with Crippen molar-refractivity contribution in [1.29, 1.82) is 0 Å². The standard InChI is InChI=1S/C13H18FNO2/c1-8(15)12(16)10-7-9(13(2,3)14)5-6-11(10)17-4/h5-8H,15H2,1-4H3. The average Bonchev–Trinajstić information content (AvgIpc) is 2.25. The minimum atomic E-state index is -1.50. The van der Waals surface area contributed by atoms with E-state index in [-0.39, 0.29) is 5.78 Å². The lowest BCUT2D eigenvalue weighted by molar-refractivity contribution is 0.0964. The molecule has 0 fully saturated rings. The molecule has 0 bridgehead atoms. The van der Waals surface area contributed by atoms with Gasteiger partial charge in [0, 0.05) is 0 Å². The third kappa shape index (κ3) is 3.03. The van der Waals surface area contributed by atoms with Crippen molar-refractivity contribution in [3.05, 3.63) is 29.3 Å². The third-order valence-corrected chi connectivity index (χ3v) is 2.56. The lowest BCUT2D eigenvalue weighted by Crippen LogP contribution is -2.27. The Bertz CT molecular complexity index is 422. The molecule has 0 aliphatic rings. The summed E-state index contributed by atoms with van der Waals surface area (Å²) in [5.74, 6) is 0.160. The maximum atomic E-state index is 13.8. The Morgan fingerprint density at radius 2 is 2.06 bits per heavy atom. The molecule has 0 aliphatic heterocycles. The summed E-state index contributed by atoms with van der Waals surface area (Å²) in [5, 5.41) is 0. The third-order valence-electron chi connectivity index (χ3n) is 2.56. The van der Waals surface area contributed by atoms with Crippen LogP contribution in [0.4, 0.5) is 4.39 Å². The Hall–Kier alpha value is -1.42. The van der Waals surface area contributed by atoms with Crippen LogP contribution in [0.15, 0.2) is 18.2 Å². The van der Waals surface area contributed by atoms with Gasteiger partial charge in [-0.1, -0.05) is 6.07 Å². The maximum absolute atomic E-state index is 13.8. The zero-order valence-electron chi connectivity index (χ0n) is 10.6. The minimum Gasteiger partial charge on any atom is -0.496 e. The molecule has 1 aromatic carbocycles. The molecule has 0 heterocycles. The first-order valence-electron chi connectivity index (χ1n) is 5.44. The molecule has 4 heteroatoms. The Morgan fingerprint density at radius 3 is 2.47 bits per heavy atom. The fourth-order valence-electron chi connectivity index (χ4n) is 1.52. The van der Waals surface area contributed by atoms with Crippen LogP contribution in [-0.4, -0.2) is 18.9 Å².